The van der Waals surface area contributed by atoms with Gasteiger partial charge in [0.25, 0.3) is 0 Å². The molecule has 0 amide bonds. The zero-order valence-corrected chi connectivity index (χ0v) is 17.8. The monoisotopic (exact) mass is 390 g/mol. The smallest absolute Gasteiger partial charge is 0.137 e. The average molecular weight is 391 g/mol. The van der Waals surface area contributed by atoms with Crippen molar-refractivity contribution in [1.29, 1.82) is 0 Å². The maximum Gasteiger partial charge on any atom is 0.137 e. The summed E-state index contributed by atoms with van der Waals surface area (Å²) in [5.41, 5.74) is 4.20. The Kier molecular flexibility index (Phi) is 7.19. The number of anilines is 2. The zero-order chi connectivity index (χ0) is 20.6. The molecule has 0 N–H and O–H groups in total. The van der Waals surface area contributed by atoms with Crippen LogP contribution >= 0.6 is 0 Å². The topological polar surface area (TPSA) is 41.5 Å². The largest absolute Gasteiger partial charge is 0.496 e. The number of hydrogen-bond donors (Lipinski definition) is 0. The number of aryl methyl sites for hydroxylation is 1. The first kappa shape index (κ1) is 20.8. The highest BCUT2D eigenvalue weighted by Gasteiger charge is 2.15. The first-order chi connectivity index (χ1) is 14.2. The molecule has 29 heavy (non-hydrogen) atoms. The van der Waals surface area contributed by atoms with Crippen molar-refractivity contribution in [3.8, 4) is 17.0 Å². The van der Waals surface area contributed by atoms with Gasteiger partial charge in [0.15, 0.2) is 0 Å². The summed E-state index contributed by atoms with van der Waals surface area (Å²) in [6.07, 6.45) is 1.63. The molecule has 5 nitrogen and oxygen atoms in total. The van der Waals surface area contributed by atoms with E-state index in [1.807, 2.05) is 30.3 Å². The number of likely N-dealkylation sites (N-methyl/N-ethyl adjacent to an activating group) is 1. The van der Waals surface area contributed by atoms with Crippen molar-refractivity contribution in [1.82, 2.24) is 14.9 Å². The van der Waals surface area contributed by atoms with Gasteiger partial charge in [-0.2, -0.15) is 0 Å². The summed E-state index contributed by atoms with van der Waals surface area (Å²) in [5.74, 6) is 1.69. The van der Waals surface area contributed by atoms with E-state index in [1.165, 1.54) is 5.56 Å². The number of methoxy groups -OCH3 is 1. The lowest BCUT2D eigenvalue weighted by Crippen LogP contribution is -2.33. The van der Waals surface area contributed by atoms with Crippen molar-refractivity contribution < 1.29 is 4.74 Å². The van der Waals surface area contributed by atoms with Crippen molar-refractivity contribution in [3.05, 3.63) is 66.5 Å². The first-order valence-corrected chi connectivity index (χ1v) is 10.2. The van der Waals surface area contributed by atoms with E-state index in [1.54, 1.807) is 13.4 Å². The van der Waals surface area contributed by atoms with Gasteiger partial charge in [-0.3, -0.25) is 0 Å². The van der Waals surface area contributed by atoms with E-state index in [4.69, 9.17) is 4.74 Å². The highest BCUT2D eigenvalue weighted by atomic mass is 16.5. The number of nitrogens with zero attached hydrogens (tertiary/aromatic N) is 4. The molecule has 0 unspecified atom stereocenters. The standard InChI is InChI=1S/C24H30N4O/c1-5-27(6-2)15-16-28(20-13-11-19(3)12-14-20)24-17-22(25-18-26-24)21-9-7-8-10-23(21)29-4/h7-14,17-18H,5-6,15-16H2,1-4H3. The minimum atomic E-state index is 0.808. The van der Waals surface area contributed by atoms with E-state index in [2.05, 4.69) is 64.8 Å². The van der Waals surface area contributed by atoms with Crippen molar-refractivity contribution in [2.24, 2.45) is 0 Å². The van der Waals surface area contributed by atoms with Crippen LogP contribution in [0.4, 0.5) is 11.5 Å². The van der Waals surface area contributed by atoms with Crippen LogP contribution in [0, 0.1) is 6.92 Å². The van der Waals surface area contributed by atoms with Gasteiger partial charge in [0.2, 0.25) is 0 Å². The summed E-state index contributed by atoms with van der Waals surface area (Å²) in [5, 5.41) is 0. The van der Waals surface area contributed by atoms with E-state index < -0.39 is 0 Å². The third-order valence-electron chi connectivity index (χ3n) is 5.19. The molecule has 3 rings (SSSR count). The zero-order valence-electron chi connectivity index (χ0n) is 17.8. The van der Waals surface area contributed by atoms with Crippen molar-refractivity contribution in [2.45, 2.75) is 20.8 Å². The molecule has 0 saturated carbocycles. The fraction of sp³-hybridized carbons (Fsp3) is 0.333. The van der Waals surface area contributed by atoms with Crippen LogP contribution in [-0.2, 0) is 0 Å². The van der Waals surface area contributed by atoms with Gasteiger partial charge in [0, 0.05) is 30.4 Å². The van der Waals surface area contributed by atoms with Crippen LogP contribution in [0.2, 0.25) is 0 Å². The Morgan fingerprint density at radius 2 is 1.62 bits per heavy atom. The minimum Gasteiger partial charge on any atom is -0.496 e. The van der Waals surface area contributed by atoms with Crippen LogP contribution in [0.25, 0.3) is 11.3 Å². The summed E-state index contributed by atoms with van der Waals surface area (Å²) in [7, 11) is 1.68. The quantitative estimate of drug-likeness (QED) is 0.518. The first-order valence-electron chi connectivity index (χ1n) is 10.2. The van der Waals surface area contributed by atoms with Crippen LogP contribution < -0.4 is 9.64 Å². The Morgan fingerprint density at radius 3 is 2.31 bits per heavy atom. The lowest BCUT2D eigenvalue weighted by Gasteiger charge is -2.27. The maximum atomic E-state index is 5.53. The molecule has 0 atom stereocenters. The van der Waals surface area contributed by atoms with Gasteiger partial charge in [-0.15, -0.1) is 0 Å². The molecule has 3 aromatic rings. The molecule has 0 aliphatic carbocycles. The van der Waals surface area contributed by atoms with Gasteiger partial charge in [0.05, 0.1) is 12.8 Å². The number of benzene rings is 2. The van der Waals surface area contributed by atoms with Crippen LogP contribution in [0.1, 0.15) is 19.4 Å². The lowest BCUT2D eigenvalue weighted by molar-refractivity contribution is 0.312. The maximum absolute atomic E-state index is 5.53. The number of hydrogen-bond acceptors (Lipinski definition) is 5. The van der Waals surface area contributed by atoms with E-state index in [9.17, 15) is 0 Å². The molecule has 0 bridgehead atoms. The molecule has 1 heterocycles. The Balaban J connectivity index is 1.97. The van der Waals surface area contributed by atoms with Crippen LogP contribution in [0.15, 0.2) is 60.9 Å². The van der Waals surface area contributed by atoms with Gasteiger partial charge in [-0.05, 0) is 44.3 Å². The summed E-state index contributed by atoms with van der Waals surface area (Å²) < 4.78 is 5.53. The average Bonchev–Trinajstić information content (AvgIpc) is 2.78. The summed E-state index contributed by atoms with van der Waals surface area (Å²) >= 11 is 0. The highest BCUT2D eigenvalue weighted by molar-refractivity contribution is 5.71. The second-order valence-corrected chi connectivity index (χ2v) is 6.98. The molecule has 0 radical (unpaired) electrons. The van der Waals surface area contributed by atoms with Crippen molar-refractivity contribution in [3.63, 3.8) is 0 Å². The van der Waals surface area contributed by atoms with E-state index in [-0.39, 0.29) is 0 Å². The second kappa shape index (κ2) is 10.0. The number of ether oxygens (including phenoxy) is 1. The third-order valence-corrected chi connectivity index (χ3v) is 5.19. The van der Waals surface area contributed by atoms with Gasteiger partial charge in [-0.1, -0.05) is 43.7 Å². The van der Waals surface area contributed by atoms with Gasteiger partial charge < -0.3 is 14.5 Å². The molecule has 1 aromatic heterocycles. The Labute approximate surface area is 174 Å². The summed E-state index contributed by atoms with van der Waals surface area (Å²) in [6, 6.07) is 18.6. The van der Waals surface area contributed by atoms with E-state index in [0.717, 1.165) is 54.7 Å². The van der Waals surface area contributed by atoms with E-state index >= 15 is 0 Å². The van der Waals surface area contributed by atoms with Gasteiger partial charge in [-0.25, -0.2) is 9.97 Å². The molecular formula is C24H30N4O. The van der Waals surface area contributed by atoms with Crippen molar-refractivity contribution >= 4 is 11.5 Å². The molecule has 0 fully saturated rings. The molecular weight excluding hydrogens is 360 g/mol. The van der Waals surface area contributed by atoms with Gasteiger partial charge in [0.1, 0.15) is 17.9 Å². The Hall–Kier alpha value is -2.92. The predicted octanol–water partition coefficient (Wildman–Crippen LogP) is 4.94. The lowest BCUT2D eigenvalue weighted by atomic mass is 10.1. The normalized spacial score (nSPS) is 10.9. The fourth-order valence-corrected chi connectivity index (χ4v) is 3.38. The molecule has 5 heteroatoms. The van der Waals surface area contributed by atoms with E-state index in [0.29, 0.717) is 0 Å². The predicted molar refractivity (Wildman–Crippen MR) is 120 cm³/mol. The van der Waals surface area contributed by atoms with Crippen molar-refractivity contribution in [2.75, 3.05) is 38.2 Å². The van der Waals surface area contributed by atoms with Crippen LogP contribution in [-0.4, -0.2) is 48.2 Å². The summed E-state index contributed by atoms with van der Waals surface area (Å²) in [6.45, 7) is 10.4. The Morgan fingerprint density at radius 1 is 0.897 bits per heavy atom. The number of rotatable bonds is 9. The molecule has 0 spiro atoms. The Bertz CT molecular complexity index is 907. The molecule has 0 aliphatic rings. The fourth-order valence-electron chi connectivity index (χ4n) is 3.38. The minimum absolute atomic E-state index is 0.808. The molecule has 152 valence electrons. The van der Waals surface area contributed by atoms with Crippen LogP contribution in [0.3, 0.4) is 0 Å². The molecule has 2 aromatic carbocycles. The SMILES string of the molecule is CCN(CC)CCN(c1ccc(C)cc1)c1cc(-c2ccccc2OC)ncn1. The van der Waals surface area contributed by atoms with Gasteiger partial charge >= 0.3 is 0 Å². The molecule has 0 aliphatic heterocycles. The second-order valence-electron chi connectivity index (χ2n) is 6.98. The van der Waals surface area contributed by atoms with Crippen LogP contribution in [0.5, 0.6) is 5.75 Å². The number of aromatic nitrogens is 2. The summed E-state index contributed by atoms with van der Waals surface area (Å²) in [4.78, 5) is 13.8. The highest BCUT2D eigenvalue weighted by Crippen LogP contribution is 2.31. The number of para-hydroxylation sites is 1. The molecule has 0 saturated heterocycles. The third kappa shape index (κ3) is 5.12.